The number of carboxylic acids is 1. The first kappa shape index (κ1) is 13.6. The van der Waals surface area contributed by atoms with Gasteiger partial charge in [-0.3, -0.25) is 14.7 Å². The summed E-state index contributed by atoms with van der Waals surface area (Å²) in [6.45, 7) is 4.51. The lowest BCUT2D eigenvalue weighted by Crippen LogP contribution is -2.48. The summed E-state index contributed by atoms with van der Waals surface area (Å²) in [5.74, 6) is -1.04. The number of aliphatic carboxylic acids is 1. The third-order valence-electron chi connectivity index (χ3n) is 3.73. The molecule has 1 aromatic heterocycles. The fraction of sp³-hybridized carbons (Fsp3) is 0.615. The Morgan fingerprint density at radius 2 is 2.32 bits per heavy atom. The molecule has 1 saturated heterocycles. The summed E-state index contributed by atoms with van der Waals surface area (Å²) in [6, 6.07) is 1.73. The van der Waals surface area contributed by atoms with Crippen LogP contribution in [0.15, 0.2) is 6.07 Å². The molecule has 6 heteroatoms. The molecule has 1 atom stereocenters. The average Bonchev–Trinajstić information content (AvgIpc) is 2.86. The molecule has 19 heavy (non-hydrogen) atoms. The Kier molecular flexibility index (Phi) is 3.59. The minimum atomic E-state index is -0.849. The highest BCUT2D eigenvalue weighted by Gasteiger charge is 2.39. The first-order valence-electron chi connectivity index (χ1n) is 6.53. The largest absolute Gasteiger partial charge is 0.481 e. The summed E-state index contributed by atoms with van der Waals surface area (Å²) in [4.78, 5) is 25.2. The molecule has 0 spiro atoms. The molecule has 1 unspecified atom stereocenters. The van der Waals surface area contributed by atoms with Crippen molar-refractivity contribution in [1.29, 1.82) is 0 Å². The third kappa shape index (κ3) is 2.62. The van der Waals surface area contributed by atoms with Crippen molar-refractivity contribution in [3.8, 4) is 0 Å². The van der Waals surface area contributed by atoms with Crippen molar-refractivity contribution in [2.45, 2.75) is 33.1 Å². The molecule has 1 fully saturated rings. The SMILES string of the molecule is CCc1cc(C(=O)N2CCCC(C)(C(=O)O)C2)n[nH]1. The Hall–Kier alpha value is -1.85. The molecule has 1 amide bonds. The number of rotatable bonds is 3. The first-order valence-corrected chi connectivity index (χ1v) is 6.53. The van der Waals surface area contributed by atoms with E-state index in [1.165, 1.54) is 0 Å². The fourth-order valence-corrected chi connectivity index (χ4v) is 2.40. The van der Waals surface area contributed by atoms with Crippen LogP contribution in [0.1, 0.15) is 42.9 Å². The van der Waals surface area contributed by atoms with Crippen LogP contribution in [0.4, 0.5) is 0 Å². The second-order valence-corrected chi connectivity index (χ2v) is 5.33. The van der Waals surface area contributed by atoms with Gasteiger partial charge in [-0.25, -0.2) is 0 Å². The number of carbonyl (C=O) groups excluding carboxylic acids is 1. The molecule has 1 aromatic rings. The van der Waals surface area contributed by atoms with Crippen molar-refractivity contribution >= 4 is 11.9 Å². The van der Waals surface area contributed by atoms with E-state index in [0.29, 0.717) is 25.1 Å². The number of nitrogens with zero attached hydrogens (tertiary/aromatic N) is 2. The molecule has 1 aliphatic heterocycles. The Morgan fingerprint density at radius 1 is 1.58 bits per heavy atom. The minimum absolute atomic E-state index is 0.192. The Labute approximate surface area is 111 Å². The van der Waals surface area contributed by atoms with E-state index in [1.807, 2.05) is 6.92 Å². The van der Waals surface area contributed by atoms with Crippen molar-refractivity contribution in [2.24, 2.45) is 5.41 Å². The monoisotopic (exact) mass is 265 g/mol. The van der Waals surface area contributed by atoms with Crippen molar-refractivity contribution in [3.05, 3.63) is 17.5 Å². The number of carbonyl (C=O) groups is 2. The zero-order chi connectivity index (χ0) is 14.0. The zero-order valence-electron chi connectivity index (χ0n) is 11.3. The minimum Gasteiger partial charge on any atom is -0.481 e. The zero-order valence-corrected chi connectivity index (χ0v) is 11.3. The molecule has 1 aliphatic rings. The van der Waals surface area contributed by atoms with Gasteiger partial charge >= 0.3 is 5.97 Å². The van der Waals surface area contributed by atoms with Gasteiger partial charge in [-0.15, -0.1) is 0 Å². The summed E-state index contributed by atoms with van der Waals surface area (Å²) >= 11 is 0. The molecule has 0 aromatic carbocycles. The maximum atomic E-state index is 12.3. The number of hydrogen-bond acceptors (Lipinski definition) is 3. The van der Waals surface area contributed by atoms with Crippen LogP contribution in [0.3, 0.4) is 0 Å². The quantitative estimate of drug-likeness (QED) is 0.862. The van der Waals surface area contributed by atoms with Gasteiger partial charge in [0, 0.05) is 18.8 Å². The van der Waals surface area contributed by atoms with E-state index < -0.39 is 11.4 Å². The second-order valence-electron chi connectivity index (χ2n) is 5.33. The van der Waals surface area contributed by atoms with E-state index in [-0.39, 0.29) is 12.5 Å². The number of nitrogens with one attached hydrogen (secondary N) is 1. The fourth-order valence-electron chi connectivity index (χ4n) is 2.40. The Morgan fingerprint density at radius 3 is 2.89 bits per heavy atom. The lowest BCUT2D eigenvalue weighted by atomic mass is 9.82. The van der Waals surface area contributed by atoms with Crippen LogP contribution >= 0.6 is 0 Å². The summed E-state index contributed by atoms with van der Waals surface area (Å²) in [7, 11) is 0. The number of hydrogen-bond donors (Lipinski definition) is 2. The van der Waals surface area contributed by atoms with Gasteiger partial charge in [0.05, 0.1) is 5.41 Å². The van der Waals surface area contributed by atoms with Crippen LogP contribution in [-0.2, 0) is 11.2 Å². The van der Waals surface area contributed by atoms with E-state index in [9.17, 15) is 14.7 Å². The summed E-state index contributed by atoms with van der Waals surface area (Å²) in [6.07, 6.45) is 2.10. The maximum absolute atomic E-state index is 12.3. The first-order chi connectivity index (χ1) is 8.96. The molecule has 2 heterocycles. The standard InChI is InChI=1S/C13H19N3O3/c1-3-9-7-10(15-14-9)11(17)16-6-4-5-13(2,8-16)12(18)19/h7H,3-6,8H2,1-2H3,(H,14,15)(H,18,19). The normalized spacial score (nSPS) is 23.4. The van der Waals surface area contributed by atoms with E-state index in [2.05, 4.69) is 10.2 Å². The predicted octanol–water partition coefficient (Wildman–Crippen LogP) is 1.30. The van der Waals surface area contributed by atoms with E-state index in [0.717, 1.165) is 12.1 Å². The number of likely N-dealkylation sites (tertiary alicyclic amines) is 1. The van der Waals surface area contributed by atoms with Crippen molar-refractivity contribution in [2.75, 3.05) is 13.1 Å². The smallest absolute Gasteiger partial charge is 0.311 e. The number of H-pyrrole nitrogens is 1. The van der Waals surface area contributed by atoms with Crippen LogP contribution in [0.2, 0.25) is 0 Å². The van der Waals surface area contributed by atoms with Gasteiger partial charge in [0.2, 0.25) is 0 Å². The summed E-state index contributed by atoms with van der Waals surface area (Å²) in [5.41, 5.74) is 0.422. The molecule has 0 bridgehead atoms. The topological polar surface area (TPSA) is 86.3 Å². The van der Waals surface area contributed by atoms with E-state index in [1.54, 1.807) is 17.9 Å². The molecule has 104 valence electrons. The van der Waals surface area contributed by atoms with Gasteiger partial charge in [0.25, 0.3) is 5.91 Å². The number of piperidine rings is 1. The molecule has 2 N–H and O–H groups in total. The van der Waals surface area contributed by atoms with E-state index >= 15 is 0 Å². The van der Waals surface area contributed by atoms with E-state index in [4.69, 9.17) is 0 Å². The highest BCUT2D eigenvalue weighted by Crippen LogP contribution is 2.30. The Balaban J connectivity index is 2.13. The van der Waals surface area contributed by atoms with Crippen molar-refractivity contribution < 1.29 is 14.7 Å². The van der Waals surface area contributed by atoms with Crippen molar-refractivity contribution in [3.63, 3.8) is 0 Å². The summed E-state index contributed by atoms with van der Waals surface area (Å²) < 4.78 is 0. The van der Waals surface area contributed by atoms with Gasteiger partial charge in [0.15, 0.2) is 0 Å². The van der Waals surface area contributed by atoms with Gasteiger partial charge in [-0.1, -0.05) is 6.92 Å². The molecular weight excluding hydrogens is 246 g/mol. The molecule has 0 saturated carbocycles. The predicted molar refractivity (Wildman–Crippen MR) is 68.8 cm³/mol. The lowest BCUT2D eigenvalue weighted by molar-refractivity contribution is -0.150. The van der Waals surface area contributed by atoms with Gasteiger partial charge in [-0.2, -0.15) is 5.10 Å². The highest BCUT2D eigenvalue weighted by molar-refractivity contribution is 5.93. The van der Waals surface area contributed by atoms with Gasteiger partial charge in [0.1, 0.15) is 5.69 Å². The molecular formula is C13H19N3O3. The van der Waals surface area contributed by atoms with Crippen LogP contribution in [0.25, 0.3) is 0 Å². The lowest BCUT2D eigenvalue weighted by Gasteiger charge is -2.37. The number of carboxylic acid groups (broad SMARTS) is 1. The van der Waals surface area contributed by atoms with Crippen LogP contribution in [-0.4, -0.2) is 45.2 Å². The van der Waals surface area contributed by atoms with Crippen LogP contribution < -0.4 is 0 Å². The van der Waals surface area contributed by atoms with Gasteiger partial charge in [-0.05, 0) is 32.3 Å². The van der Waals surface area contributed by atoms with Gasteiger partial charge < -0.3 is 10.0 Å². The molecule has 6 nitrogen and oxygen atoms in total. The second kappa shape index (κ2) is 5.03. The number of aromatic amines is 1. The molecule has 0 aliphatic carbocycles. The van der Waals surface area contributed by atoms with Crippen LogP contribution in [0, 0.1) is 5.41 Å². The average molecular weight is 265 g/mol. The molecule has 0 radical (unpaired) electrons. The maximum Gasteiger partial charge on any atom is 0.311 e. The third-order valence-corrected chi connectivity index (χ3v) is 3.73. The number of amides is 1. The summed E-state index contributed by atoms with van der Waals surface area (Å²) in [5, 5.41) is 16.0. The Bertz CT molecular complexity index is 497. The number of aryl methyl sites for hydroxylation is 1. The highest BCUT2D eigenvalue weighted by atomic mass is 16.4. The van der Waals surface area contributed by atoms with Crippen LogP contribution in [0.5, 0.6) is 0 Å². The van der Waals surface area contributed by atoms with Crippen molar-refractivity contribution in [1.82, 2.24) is 15.1 Å². The number of aromatic nitrogens is 2. The molecule has 2 rings (SSSR count).